The lowest BCUT2D eigenvalue weighted by molar-refractivity contribution is -0.113. The molecular weight excluding hydrogens is 597 g/mol. The minimum Gasteiger partial charge on any atom is -0.385 e. The molecule has 2 unspecified atom stereocenters. The largest absolute Gasteiger partial charge is 0.385 e. The molecule has 0 aromatic carbocycles. The predicted molar refractivity (Wildman–Crippen MR) is 214 cm³/mol. The number of ketones is 2. The Balaban J connectivity index is -0.000000945. The lowest BCUT2D eigenvalue weighted by Gasteiger charge is -2.16. The molecular formula is C41H69BNO3S. The summed E-state index contributed by atoms with van der Waals surface area (Å²) in [6.45, 7) is 30.9. The maximum atomic E-state index is 12.3. The first-order valence-corrected chi connectivity index (χ1v) is 18.7. The van der Waals surface area contributed by atoms with E-state index in [-0.39, 0.29) is 11.6 Å². The molecule has 0 spiro atoms. The molecule has 1 rings (SSSR count). The molecule has 1 heterocycles. The van der Waals surface area contributed by atoms with Crippen LogP contribution in [-0.4, -0.2) is 37.5 Å². The Morgan fingerprint density at radius 2 is 1.64 bits per heavy atom. The Kier molecular flexibility index (Phi) is 33.2. The third kappa shape index (κ3) is 21.8. The van der Waals surface area contributed by atoms with E-state index in [4.69, 9.17) is 9.72 Å². The fourth-order valence-corrected chi connectivity index (χ4v) is 5.52. The number of methoxy groups -OCH3 is 1. The van der Waals surface area contributed by atoms with Crippen LogP contribution in [0.3, 0.4) is 0 Å². The Morgan fingerprint density at radius 3 is 2.06 bits per heavy atom. The maximum absolute atomic E-state index is 12.3. The number of thiazole rings is 1. The summed E-state index contributed by atoms with van der Waals surface area (Å²) in [6, 6.07) is 0. The van der Waals surface area contributed by atoms with E-state index in [1.807, 2.05) is 45.2 Å². The molecule has 6 heteroatoms. The van der Waals surface area contributed by atoms with Crippen LogP contribution in [0.25, 0.3) is 11.1 Å². The van der Waals surface area contributed by atoms with Gasteiger partial charge in [0.15, 0.2) is 11.6 Å². The van der Waals surface area contributed by atoms with E-state index in [9.17, 15) is 9.59 Å². The SMILES string of the molecule is C=C\C=C/C(=C(\C)CCC)C(=C\C)/c1csc(/C(=C/C(=C\CC)C(C)=O)C(C)=O)n1.CC.CCC.CCCC(C)[B]C(CC)COC. The lowest BCUT2D eigenvalue weighted by atomic mass is 9.54. The first-order chi connectivity index (χ1) is 22.5. The summed E-state index contributed by atoms with van der Waals surface area (Å²) in [7, 11) is 4.22. The second-order valence-electron chi connectivity index (χ2n) is 11.3. The van der Waals surface area contributed by atoms with Crippen molar-refractivity contribution >= 4 is 41.3 Å². The molecule has 0 aliphatic carbocycles. The van der Waals surface area contributed by atoms with Gasteiger partial charge in [-0.2, -0.15) is 0 Å². The molecule has 0 fully saturated rings. The smallest absolute Gasteiger partial charge is 0.162 e. The molecule has 0 amide bonds. The zero-order valence-electron chi connectivity index (χ0n) is 32.7. The molecule has 2 atom stereocenters. The van der Waals surface area contributed by atoms with Crippen LogP contribution < -0.4 is 0 Å². The molecule has 47 heavy (non-hydrogen) atoms. The van der Waals surface area contributed by atoms with Gasteiger partial charge in [0.2, 0.25) is 0 Å². The van der Waals surface area contributed by atoms with Crippen molar-refractivity contribution in [2.45, 2.75) is 147 Å². The van der Waals surface area contributed by atoms with Gasteiger partial charge in [-0.1, -0.05) is 143 Å². The van der Waals surface area contributed by atoms with Gasteiger partial charge in [0, 0.05) is 30.2 Å². The van der Waals surface area contributed by atoms with Gasteiger partial charge < -0.3 is 4.74 Å². The van der Waals surface area contributed by atoms with Crippen molar-refractivity contribution in [1.82, 2.24) is 4.98 Å². The normalized spacial score (nSPS) is 13.5. The van der Waals surface area contributed by atoms with E-state index < -0.39 is 0 Å². The first kappa shape index (κ1) is 48.8. The number of nitrogens with zero attached hydrogens (tertiary/aromatic N) is 1. The average Bonchev–Trinajstić information content (AvgIpc) is 3.52. The Hall–Kier alpha value is -2.57. The summed E-state index contributed by atoms with van der Waals surface area (Å²) in [5, 5.41) is 2.60. The molecule has 0 aliphatic rings. The van der Waals surface area contributed by atoms with Crippen molar-refractivity contribution in [3.8, 4) is 0 Å². The van der Waals surface area contributed by atoms with Crippen LogP contribution >= 0.6 is 11.3 Å². The van der Waals surface area contributed by atoms with Gasteiger partial charge in [-0.15, -0.1) is 11.3 Å². The minimum absolute atomic E-state index is 0.0588. The zero-order valence-corrected chi connectivity index (χ0v) is 33.5. The number of carbonyl (C=O) groups is 2. The number of hydrogen-bond donors (Lipinski definition) is 0. The minimum atomic E-state index is -0.106. The van der Waals surface area contributed by atoms with Crippen LogP contribution in [0, 0.1) is 0 Å². The summed E-state index contributed by atoms with van der Waals surface area (Å²) in [5.74, 6) is 1.23. The van der Waals surface area contributed by atoms with E-state index in [1.54, 1.807) is 19.3 Å². The first-order valence-electron chi connectivity index (χ1n) is 17.8. The number of aromatic nitrogens is 1. The highest BCUT2D eigenvalue weighted by molar-refractivity contribution is 7.11. The summed E-state index contributed by atoms with van der Waals surface area (Å²) in [6.07, 6.45) is 19.1. The van der Waals surface area contributed by atoms with Crippen molar-refractivity contribution in [2.75, 3.05) is 13.7 Å². The van der Waals surface area contributed by atoms with Crippen molar-refractivity contribution < 1.29 is 14.3 Å². The topological polar surface area (TPSA) is 56.3 Å². The molecule has 1 aromatic heterocycles. The van der Waals surface area contributed by atoms with Gasteiger partial charge in [-0.05, 0) is 58.0 Å². The van der Waals surface area contributed by atoms with E-state index in [0.717, 1.165) is 48.5 Å². The Bertz CT molecular complexity index is 1150. The van der Waals surface area contributed by atoms with Crippen molar-refractivity contribution in [1.29, 1.82) is 0 Å². The number of carbonyl (C=O) groups excluding carboxylic acids is 2. The third-order valence-corrected chi connectivity index (χ3v) is 7.71. The fourth-order valence-electron chi connectivity index (χ4n) is 4.63. The lowest BCUT2D eigenvalue weighted by Crippen LogP contribution is -2.13. The van der Waals surface area contributed by atoms with Crippen LogP contribution in [0.15, 0.2) is 65.1 Å². The quantitative estimate of drug-likeness (QED) is 0.0889. The molecule has 0 bridgehead atoms. The standard InChI is InChI=1S/C26H33NO2S.C10H22BO.C3H8.C2H6/c1-8-12-15-23(18(5)13-9-2)22(11-4)25-17-30-26(27-25)24(20(7)29)16-21(14-10-3)19(6)28;1-5-7-9(3)11-10(6-2)8-12-4;1-3-2;1-2/h8,11-12,14-17H,1,9-10,13H2,2-7H3;9-10H,5-8H2,1-4H3;3H2,1-2H3;1-2H3/b15-12-,21-14+,22-11+,23-18-,24-16+;;;. The summed E-state index contributed by atoms with van der Waals surface area (Å²) in [4.78, 5) is 29.1. The number of allylic oxidation sites excluding steroid dienone is 11. The number of rotatable bonds is 18. The van der Waals surface area contributed by atoms with E-state index in [1.165, 1.54) is 56.4 Å². The van der Waals surface area contributed by atoms with E-state index in [2.05, 4.69) is 74.5 Å². The van der Waals surface area contributed by atoms with Gasteiger partial charge in [0.05, 0.1) is 11.3 Å². The highest BCUT2D eigenvalue weighted by Gasteiger charge is 2.17. The summed E-state index contributed by atoms with van der Waals surface area (Å²) < 4.78 is 5.14. The molecule has 0 N–H and O–H groups in total. The third-order valence-electron chi connectivity index (χ3n) is 6.83. The summed E-state index contributed by atoms with van der Waals surface area (Å²) >= 11 is 1.42. The molecule has 0 aliphatic heterocycles. The average molecular weight is 667 g/mol. The molecule has 1 radical (unpaired) electrons. The summed E-state index contributed by atoms with van der Waals surface area (Å²) in [5.41, 5.74) is 5.27. The molecule has 265 valence electrons. The number of ether oxygens (including phenoxy) is 1. The van der Waals surface area contributed by atoms with Crippen molar-refractivity contribution in [2.24, 2.45) is 0 Å². The van der Waals surface area contributed by atoms with Crippen LogP contribution in [0.1, 0.15) is 146 Å². The molecule has 4 nitrogen and oxygen atoms in total. The van der Waals surface area contributed by atoms with Crippen molar-refractivity contribution in [3.63, 3.8) is 0 Å². The second kappa shape index (κ2) is 32.0. The van der Waals surface area contributed by atoms with Crippen LogP contribution in [0.2, 0.25) is 11.6 Å². The second-order valence-corrected chi connectivity index (χ2v) is 12.2. The molecule has 1 aromatic rings. The number of hydrogen-bond acceptors (Lipinski definition) is 5. The number of Topliss-reactive ketones (excluding diaryl/α,β-unsaturated/α-hetero) is 2. The maximum Gasteiger partial charge on any atom is 0.162 e. The predicted octanol–water partition coefficient (Wildman–Crippen LogP) is 12.9. The Morgan fingerprint density at radius 1 is 1.02 bits per heavy atom. The van der Waals surface area contributed by atoms with Gasteiger partial charge in [0.25, 0.3) is 0 Å². The monoisotopic (exact) mass is 667 g/mol. The van der Waals surface area contributed by atoms with Gasteiger partial charge in [0.1, 0.15) is 12.3 Å². The van der Waals surface area contributed by atoms with E-state index in [0.29, 0.717) is 22.0 Å². The van der Waals surface area contributed by atoms with Gasteiger partial charge in [-0.3, -0.25) is 9.59 Å². The van der Waals surface area contributed by atoms with Gasteiger partial charge >= 0.3 is 0 Å². The van der Waals surface area contributed by atoms with Crippen molar-refractivity contribution in [3.05, 3.63) is 75.8 Å². The highest BCUT2D eigenvalue weighted by Crippen LogP contribution is 2.32. The van der Waals surface area contributed by atoms with Gasteiger partial charge in [-0.25, -0.2) is 4.98 Å². The van der Waals surface area contributed by atoms with Crippen LogP contribution in [-0.2, 0) is 14.3 Å². The van der Waals surface area contributed by atoms with Crippen LogP contribution in [0.5, 0.6) is 0 Å². The zero-order chi connectivity index (χ0) is 36.8. The van der Waals surface area contributed by atoms with Crippen LogP contribution in [0.4, 0.5) is 0 Å². The molecule has 0 saturated heterocycles. The highest BCUT2D eigenvalue weighted by atomic mass is 32.1. The molecule has 0 saturated carbocycles. The van der Waals surface area contributed by atoms with E-state index >= 15 is 0 Å². The fraction of sp³-hybridized carbons (Fsp3) is 0.585. The Labute approximate surface area is 295 Å².